The van der Waals surface area contributed by atoms with Gasteiger partial charge in [-0.1, -0.05) is 12.8 Å². The van der Waals surface area contributed by atoms with E-state index in [4.69, 9.17) is 5.73 Å². The summed E-state index contributed by atoms with van der Waals surface area (Å²) < 4.78 is 0. The van der Waals surface area contributed by atoms with E-state index < -0.39 is 0 Å². The first-order valence-electron chi connectivity index (χ1n) is 4.87. The molecule has 0 spiro atoms. The number of rotatable bonds is 1. The van der Waals surface area contributed by atoms with Crippen LogP contribution < -0.4 is 5.73 Å². The fourth-order valence-corrected chi connectivity index (χ4v) is 2.05. The maximum absolute atomic E-state index is 5.81. The van der Waals surface area contributed by atoms with Gasteiger partial charge in [0.05, 0.1) is 0 Å². The highest BCUT2D eigenvalue weighted by molar-refractivity contribution is 4.98. The second-order valence-corrected chi connectivity index (χ2v) is 3.92. The van der Waals surface area contributed by atoms with E-state index in [0.717, 1.165) is 6.04 Å². The van der Waals surface area contributed by atoms with Gasteiger partial charge in [-0.15, -0.1) is 0 Å². The summed E-state index contributed by atoms with van der Waals surface area (Å²) in [6, 6.07) is 1.26. The Balaban J connectivity index is 1.82. The Bertz CT molecular complexity index is 128. The molecule has 0 amide bonds. The van der Waals surface area contributed by atoms with Gasteiger partial charge in [0, 0.05) is 12.1 Å². The Morgan fingerprint density at radius 1 is 1.00 bits per heavy atom. The molecule has 1 aliphatic carbocycles. The highest BCUT2D eigenvalue weighted by Crippen LogP contribution is 2.27. The molecule has 2 nitrogen and oxygen atoms in total. The van der Waals surface area contributed by atoms with Gasteiger partial charge >= 0.3 is 0 Å². The highest BCUT2D eigenvalue weighted by Gasteiger charge is 2.38. The molecule has 2 unspecified atom stereocenters. The predicted octanol–water partition coefficient (Wildman–Crippen LogP) is 0.962. The zero-order valence-corrected chi connectivity index (χ0v) is 7.13. The second-order valence-electron chi connectivity index (χ2n) is 3.92. The van der Waals surface area contributed by atoms with E-state index in [9.17, 15) is 0 Å². The summed E-state index contributed by atoms with van der Waals surface area (Å²) in [7, 11) is 0. The van der Waals surface area contributed by atoms with Crippen molar-refractivity contribution in [3.63, 3.8) is 0 Å². The van der Waals surface area contributed by atoms with Crippen molar-refractivity contribution in [3.8, 4) is 0 Å². The number of hydrogen-bond acceptors (Lipinski definition) is 2. The summed E-state index contributed by atoms with van der Waals surface area (Å²) in [4.78, 5) is 2.59. The largest absolute Gasteiger partial charge is 0.326 e. The number of likely N-dealkylation sites (tertiary alicyclic amines) is 1. The van der Waals surface area contributed by atoms with Crippen LogP contribution in [-0.4, -0.2) is 30.1 Å². The Hall–Kier alpha value is -0.0800. The molecular weight excluding hydrogens is 136 g/mol. The number of hydrogen-bond donors (Lipinski definition) is 1. The molecule has 0 bridgehead atoms. The lowest BCUT2D eigenvalue weighted by Gasteiger charge is -2.18. The molecule has 1 saturated carbocycles. The monoisotopic (exact) mass is 154 g/mol. The van der Waals surface area contributed by atoms with Crippen molar-refractivity contribution < 1.29 is 0 Å². The SMILES string of the molecule is NC1CC1N1CCCCCC1. The van der Waals surface area contributed by atoms with Crippen LogP contribution in [0.3, 0.4) is 0 Å². The van der Waals surface area contributed by atoms with Gasteiger partial charge in [0.15, 0.2) is 0 Å². The molecule has 2 atom stereocenters. The van der Waals surface area contributed by atoms with E-state index in [1.807, 2.05) is 0 Å². The minimum Gasteiger partial charge on any atom is -0.326 e. The lowest BCUT2D eigenvalue weighted by atomic mass is 10.2. The Morgan fingerprint density at radius 2 is 1.55 bits per heavy atom. The predicted molar refractivity (Wildman–Crippen MR) is 46.4 cm³/mol. The van der Waals surface area contributed by atoms with E-state index >= 15 is 0 Å². The molecule has 0 aromatic heterocycles. The molecule has 1 heterocycles. The summed E-state index contributed by atoms with van der Waals surface area (Å²) in [5, 5.41) is 0. The van der Waals surface area contributed by atoms with Crippen LogP contribution in [0.5, 0.6) is 0 Å². The lowest BCUT2D eigenvalue weighted by Crippen LogP contribution is -2.30. The normalized spacial score (nSPS) is 40.1. The molecule has 2 N–H and O–H groups in total. The molecule has 1 aliphatic heterocycles. The van der Waals surface area contributed by atoms with Gasteiger partial charge in [0.2, 0.25) is 0 Å². The molecule has 2 heteroatoms. The van der Waals surface area contributed by atoms with Crippen LogP contribution in [0.25, 0.3) is 0 Å². The van der Waals surface area contributed by atoms with Gasteiger partial charge in [0.25, 0.3) is 0 Å². The third kappa shape index (κ3) is 1.74. The first-order chi connectivity index (χ1) is 5.38. The molecule has 0 radical (unpaired) electrons. The zero-order valence-electron chi connectivity index (χ0n) is 7.13. The maximum Gasteiger partial charge on any atom is 0.0263 e. The van der Waals surface area contributed by atoms with Crippen LogP contribution in [0.15, 0.2) is 0 Å². The van der Waals surface area contributed by atoms with E-state index in [1.165, 1.54) is 45.2 Å². The van der Waals surface area contributed by atoms with Gasteiger partial charge < -0.3 is 5.73 Å². The van der Waals surface area contributed by atoms with Crippen LogP contribution in [0.2, 0.25) is 0 Å². The third-order valence-electron chi connectivity index (χ3n) is 2.91. The van der Waals surface area contributed by atoms with E-state index in [2.05, 4.69) is 4.90 Å². The Morgan fingerprint density at radius 3 is 2.00 bits per heavy atom. The molecular formula is C9H18N2. The summed E-state index contributed by atoms with van der Waals surface area (Å²) in [6.07, 6.45) is 6.89. The summed E-state index contributed by atoms with van der Waals surface area (Å²) >= 11 is 0. The van der Waals surface area contributed by atoms with Crippen molar-refractivity contribution in [2.75, 3.05) is 13.1 Å². The van der Waals surface area contributed by atoms with Crippen molar-refractivity contribution in [2.24, 2.45) is 5.73 Å². The van der Waals surface area contributed by atoms with Crippen molar-refractivity contribution in [3.05, 3.63) is 0 Å². The average molecular weight is 154 g/mol. The van der Waals surface area contributed by atoms with Crippen molar-refractivity contribution in [2.45, 2.75) is 44.2 Å². The fraction of sp³-hybridized carbons (Fsp3) is 1.00. The minimum atomic E-state index is 0.507. The smallest absolute Gasteiger partial charge is 0.0263 e. The Labute approximate surface area is 68.7 Å². The molecule has 0 aromatic rings. The van der Waals surface area contributed by atoms with Gasteiger partial charge in [-0.3, -0.25) is 4.90 Å². The van der Waals surface area contributed by atoms with E-state index in [-0.39, 0.29) is 0 Å². The standard InChI is InChI=1S/C9H18N2/c10-8-7-9(8)11-5-3-1-2-4-6-11/h8-9H,1-7,10H2. The summed E-state index contributed by atoms with van der Waals surface area (Å²) in [5.41, 5.74) is 5.81. The molecule has 64 valence electrons. The maximum atomic E-state index is 5.81. The number of nitrogens with zero attached hydrogens (tertiary/aromatic N) is 1. The zero-order chi connectivity index (χ0) is 7.68. The fourth-order valence-electron chi connectivity index (χ4n) is 2.05. The molecule has 2 aliphatic rings. The molecule has 2 rings (SSSR count). The van der Waals surface area contributed by atoms with Crippen LogP contribution in [0.4, 0.5) is 0 Å². The molecule has 11 heavy (non-hydrogen) atoms. The van der Waals surface area contributed by atoms with Gasteiger partial charge in [0.1, 0.15) is 0 Å². The van der Waals surface area contributed by atoms with Crippen LogP contribution in [-0.2, 0) is 0 Å². The van der Waals surface area contributed by atoms with Gasteiger partial charge in [-0.05, 0) is 32.4 Å². The molecule has 2 fully saturated rings. The molecule has 1 saturated heterocycles. The highest BCUT2D eigenvalue weighted by atomic mass is 15.2. The van der Waals surface area contributed by atoms with Crippen LogP contribution >= 0.6 is 0 Å². The van der Waals surface area contributed by atoms with Gasteiger partial charge in [-0.25, -0.2) is 0 Å². The lowest BCUT2D eigenvalue weighted by molar-refractivity contribution is 0.270. The van der Waals surface area contributed by atoms with E-state index in [0.29, 0.717) is 6.04 Å². The quantitative estimate of drug-likeness (QED) is 0.609. The van der Waals surface area contributed by atoms with E-state index in [1.54, 1.807) is 0 Å². The first kappa shape index (κ1) is 7.56. The number of nitrogens with two attached hydrogens (primary N) is 1. The van der Waals surface area contributed by atoms with Crippen molar-refractivity contribution in [1.29, 1.82) is 0 Å². The Kier molecular flexibility index (Phi) is 2.14. The van der Waals surface area contributed by atoms with Crippen molar-refractivity contribution in [1.82, 2.24) is 4.90 Å². The van der Waals surface area contributed by atoms with Crippen LogP contribution in [0.1, 0.15) is 32.1 Å². The first-order valence-corrected chi connectivity index (χ1v) is 4.87. The molecule has 0 aromatic carbocycles. The minimum absolute atomic E-state index is 0.507. The summed E-state index contributed by atoms with van der Waals surface area (Å²) in [6.45, 7) is 2.61. The second kappa shape index (κ2) is 3.11. The average Bonchev–Trinajstić information content (AvgIpc) is 2.71. The van der Waals surface area contributed by atoms with Gasteiger partial charge in [-0.2, -0.15) is 0 Å². The van der Waals surface area contributed by atoms with Crippen LogP contribution in [0, 0.1) is 0 Å². The topological polar surface area (TPSA) is 29.3 Å². The summed E-state index contributed by atoms with van der Waals surface area (Å²) in [5.74, 6) is 0. The van der Waals surface area contributed by atoms with Crippen molar-refractivity contribution >= 4 is 0 Å². The third-order valence-corrected chi connectivity index (χ3v) is 2.91.